The maximum atomic E-state index is 12.3. The molecule has 0 amide bonds. The fraction of sp³-hybridized carbons (Fsp3) is 0.576. The van der Waals surface area contributed by atoms with Crippen LogP contribution in [-0.4, -0.2) is 22.5 Å². The van der Waals surface area contributed by atoms with Crippen molar-refractivity contribution in [2.45, 2.75) is 97.2 Å². The molecule has 1 aromatic rings. The smallest absolute Gasteiger partial charge is 0.308 e. The van der Waals surface area contributed by atoms with Gasteiger partial charge < -0.3 is 9.84 Å². The van der Waals surface area contributed by atoms with E-state index >= 15 is 0 Å². The number of aliphatic hydroxyl groups is 1. The maximum absolute atomic E-state index is 12.3. The number of carbonyl (C=O) groups is 2. The molecule has 4 heteroatoms. The number of esters is 1. The van der Waals surface area contributed by atoms with E-state index in [0.29, 0.717) is 18.3 Å². The molecule has 4 nitrogen and oxygen atoms in total. The Morgan fingerprint density at radius 2 is 1.81 bits per heavy atom. The zero-order valence-electron chi connectivity index (χ0n) is 23.1. The second kappa shape index (κ2) is 9.38. The van der Waals surface area contributed by atoms with E-state index in [1.165, 1.54) is 22.3 Å². The Bertz CT molecular complexity index is 1190. The fourth-order valence-electron chi connectivity index (χ4n) is 8.04. The molecular formula is C33H42O4. The van der Waals surface area contributed by atoms with E-state index in [9.17, 15) is 14.7 Å². The van der Waals surface area contributed by atoms with E-state index < -0.39 is 5.60 Å². The quantitative estimate of drug-likeness (QED) is 0.343. The summed E-state index contributed by atoms with van der Waals surface area (Å²) in [6, 6.07) is 8.56. The lowest BCUT2D eigenvalue weighted by Gasteiger charge is -2.55. The van der Waals surface area contributed by atoms with Crippen LogP contribution < -0.4 is 0 Å². The summed E-state index contributed by atoms with van der Waals surface area (Å²) in [5.74, 6) is 0.931. The SMILES string of the molecule is C=C(C)C1(O)CCC2C3CCC4=CC(=O)CCC4=C3C(c3ccc(C(C)OC(=O)C(C)C)cc3)CC21C. The third-order valence-electron chi connectivity index (χ3n) is 10.2. The molecule has 0 radical (unpaired) electrons. The lowest BCUT2D eigenvalue weighted by atomic mass is 9.50. The summed E-state index contributed by atoms with van der Waals surface area (Å²) in [6.45, 7) is 14.1. The second-order valence-corrected chi connectivity index (χ2v) is 12.6. The number of hydrogen-bond donors (Lipinski definition) is 1. The minimum atomic E-state index is -0.857. The Kier molecular flexibility index (Phi) is 6.63. The van der Waals surface area contributed by atoms with Crippen molar-refractivity contribution < 1.29 is 19.4 Å². The number of benzene rings is 1. The van der Waals surface area contributed by atoms with Crippen LogP contribution in [-0.2, 0) is 14.3 Å². The molecule has 1 aromatic carbocycles. The molecule has 37 heavy (non-hydrogen) atoms. The van der Waals surface area contributed by atoms with Crippen molar-refractivity contribution in [1.29, 1.82) is 0 Å². The van der Waals surface area contributed by atoms with Gasteiger partial charge in [0, 0.05) is 17.8 Å². The Labute approximate surface area is 221 Å². The summed E-state index contributed by atoms with van der Waals surface area (Å²) in [4.78, 5) is 24.4. The van der Waals surface area contributed by atoms with Crippen molar-refractivity contribution in [1.82, 2.24) is 0 Å². The first-order valence-corrected chi connectivity index (χ1v) is 14.1. The minimum absolute atomic E-state index is 0.155. The summed E-state index contributed by atoms with van der Waals surface area (Å²) < 4.78 is 5.65. The molecule has 0 aliphatic heterocycles. The van der Waals surface area contributed by atoms with Crippen LogP contribution in [0.2, 0.25) is 0 Å². The molecule has 4 aliphatic rings. The average Bonchev–Trinajstić information content (AvgIpc) is 3.14. The zero-order valence-corrected chi connectivity index (χ0v) is 23.1. The summed E-state index contributed by atoms with van der Waals surface area (Å²) in [6.07, 6.45) is 7.69. The highest BCUT2D eigenvalue weighted by Crippen LogP contribution is 2.67. The fourth-order valence-corrected chi connectivity index (χ4v) is 8.04. The van der Waals surface area contributed by atoms with Gasteiger partial charge in [-0.1, -0.05) is 57.2 Å². The highest BCUT2D eigenvalue weighted by Gasteiger charge is 2.63. The van der Waals surface area contributed by atoms with Crippen LogP contribution >= 0.6 is 0 Å². The first kappa shape index (κ1) is 26.2. The lowest BCUT2D eigenvalue weighted by Crippen LogP contribution is -2.52. The predicted molar refractivity (Wildman–Crippen MR) is 146 cm³/mol. The number of hydrogen-bond acceptors (Lipinski definition) is 4. The van der Waals surface area contributed by atoms with Crippen LogP contribution in [0, 0.1) is 23.2 Å². The molecule has 6 atom stereocenters. The van der Waals surface area contributed by atoms with Crippen LogP contribution in [0.25, 0.3) is 0 Å². The van der Waals surface area contributed by atoms with Crippen LogP contribution in [0.15, 0.2) is 59.2 Å². The van der Waals surface area contributed by atoms with Gasteiger partial charge in [-0.25, -0.2) is 0 Å². The summed E-state index contributed by atoms with van der Waals surface area (Å²) in [7, 11) is 0. The number of fused-ring (bicyclic) bond motifs is 4. The van der Waals surface area contributed by atoms with Crippen molar-refractivity contribution in [2.75, 3.05) is 0 Å². The number of ether oxygens (including phenoxy) is 1. The van der Waals surface area contributed by atoms with E-state index in [-0.39, 0.29) is 35.1 Å². The Hall–Kier alpha value is -2.46. The van der Waals surface area contributed by atoms with Gasteiger partial charge >= 0.3 is 5.97 Å². The van der Waals surface area contributed by atoms with Gasteiger partial charge in [0.1, 0.15) is 6.10 Å². The molecule has 0 heterocycles. The molecule has 1 N–H and O–H groups in total. The van der Waals surface area contributed by atoms with Gasteiger partial charge in [0.15, 0.2) is 5.78 Å². The third-order valence-corrected chi connectivity index (χ3v) is 10.2. The lowest BCUT2D eigenvalue weighted by molar-refractivity contribution is -0.152. The molecule has 2 fully saturated rings. The number of rotatable bonds is 5. The van der Waals surface area contributed by atoms with Crippen LogP contribution in [0.5, 0.6) is 0 Å². The highest BCUT2D eigenvalue weighted by molar-refractivity contribution is 5.93. The topological polar surface area (TPSA) is 63.6 Å². The minimum Gasteiger partial charge on any atom is -0.458 e. The monoisotopic (exact) mass is 502 g/mol. The molecule has 198 valence electrons. The van der Waals surface area contributed by atoms with Crippen molar-refractivity contribution in [3.05, 3.63) is 70.3 Å². The van der Waals surface area contributed by atoms with Gasteiger partial charge in [-0.3, -0.25) is 9.59 Å². The molecule has 4 aliphatic carbocycles. The average molecular weight is 503 g/mol. The van der Waals surface area contributed by atoms with E-state index in [4.69, 9.17) is 4.74 Å². The van der Waals surface area contributed by atoms with Gasteiger partial charge in [0.25, 0.3) is 0 Å². The summed E-state index contributed by atoms with van der Waals surface area (Å²) >= 11 is 0. The summed E-state index contributed by atoms with van der Waals surface area (Å²) in [5, 5.41) is 12.0. The van der Waals surface area contributed by atoms with E-state index in [1.54, 1.807) is 0 Å². The first-order valence-electron chi connectivity index (χ1n) is 14.1. The second-order valence-electron chi connectivity index (χ2n) is 12.6. The van der Waals surface area contributed by atoms with Crippen molar-refractivity contribution in [3.8, 4) is 0 Å². The van der Waals surface area contributed by atoms with Crippen LogP contribution in [0.3, 0.4) is 0 Å². The highest BCUT2D eigenvalue weighted by atomic mass is 16.5. The van der Waals surface area contributed by atoms with Crippen molar-refractivity contribution >= 4 is 11.8 Å². The van der Waals surface area contributed by atoms with Crippen molar-refractivity contribution in [2.24, 2.45) is 23.2 Å². The number of allylic oxidation sites excluding steroid dienone is 4. The third kappa shape index (κ3) is 4.16. The van der Waals surface area contributed by atoms with E-state index in [0.717, 1.165) is 49.7 Å². The maximum Gasteiger partial charge on any atom is 0.308 e. The molecule has 2 saturated carbocycles. The molecular weight excluding hydrogens is 460 g/mol. The van der Waals surface area contributed by atoms with Gasteiger partial charge in [0.05, 0.1) is 11.5 Å². The van der Waals surface area contributed by atoms with Gasteiger partial charge in [-0.2, -0.15) is 0 Å². The van der Waals surface area contributed by atoms with E-state index in [1.807, 2.05) is 33.8 Å². The van der Waals surface area contributed by atoms with E-state index in [2.05, 4.69) is 37.8 Å². The van der Waals surface area contributed by atoms with Crippen LogP contribution in [0.4, 0.5) is 0 Å². The molecule has 0 bridgehead atoms. The Morgan fingerprint density at radius 3 is 2.46 bits per heavy atom. The molecule has 0 aromatic heterocycles. The number of ketones is 1. The normalized spacial score (nSPS) is 33.9. The standard InChI is InChI=1S/C33H42O4/c1-19(2)31(35)37-21(5)22-7-9-23(10-8-22)28-18-32(6)29(15-16-33(32,36)20(3)4)27-13-11-24-17-25(34)12-14-26(24)30(27)28/h7-10,17,19,21,27-29,36H,3,11-16,18H2,1-2,4-6H3. The first-order chi connectivity index (χ1) is 17.5. The Balaban J connectivity index is 1.57. The van der Waals surface area contributed by atoms with Gasteiger partial charge in [-0.15, -0.1) is 0 Å². The summed E-state index contributed by atoms with van der Waals surface area (Å²) in [5.41, 5.74) is 6.18. The molecule has 5 rings (SSSR count). The number of carbonyl (C=O) groups excluding carboxylic acids is 2. The molecule has 0 saturated heterocycles. The van der Waals surface area contributed by atoms with Gasteiger partial charge in [0.2, 0.25) is 0 Å². The van der Waals surface area contributed by atoms with Crippen molar-refractivity contribution in [3.63, 3.8) is 0 Å². The molecule has 6 unspecified atom stereocenters. The predicted octanol–water partition coefficient (Wildman–Crippen LogP) is 7.15. The zero-order chi connectivity index (χ0) is 26.7. The van der Waals surface area contributed by atoms with Crippen LogP contribution in [0.1, 0.15) is 103 Å². The largest absolute Gasteiger partial charge is 0.458 e. The Morgan fingerprint density at radius 1 is 1.11 bits per heavy atom. The van der Waals surface area contributed by atoms with Gasteiger partial charge in [-0.05, 0) is 98.1 Å². The molecule has 0 spiro atoms.